The highest BCUT2D eigenvalue weighted by Gasteiger charge is 2.14. The Bertz CT molecular complexity index is 660. The van der Waals surface area contributed by atoms with Crippen molar-refractivity contribution in [1.82, 2.24) is 9.88 Å². The Kier molecular flexibility index (Phi) is 5.99. The summed E-state index contributed by atoms with van der Waals surface area (Å²) >= 11 is 0. The van der Waals surface area contributed by atoms with Crippen molar-refractivity contribution in [2.24, 2.45) is 0 Å². The maximum Gasteiger partial charge on any atom is 0.125 e. The van der Waals surface area contributed by atoms with Gasteiger partial charge in [0.1, 0.15) is 5.82 Å². The number of hydrogen-bond donors (Lipinski definition) is 1. The fraction of sp³-hybridized carbons (Fsp3) is 0.368. The molecule has 1 N–H and O–H groups in total. The van der Waals surface area contributed by atoms with E-state index in [0.717, 1.165) is 42.9 Å². The zero-order chi connectivity index (χ0) is 16.7. The first-order chi connectivity index (χ1) is 11.2. The molecule has 2 rings (SSSR count). The van der Waals surface area contributed by atoms with Gasteiger partial charge in [-0.3, -0.25) is 0 Å². The van der Waals surface area contributed by atoms with Gasteiger partial charge in [0.05, 0.1) is 6.07 Å². The first-order valence-corrected chi connectivity index (χ1v) is 8.04. The first kappa shape index (κ1) is 16.8. The van der Waals surface area contributed by atoms with Crippen LogP contribution in [-0.2, 0) is 0 Å². The minimum absolute atomic E-state index is 0.874. The van der Waals surface area contributed by atoms with Gasteiger partial charge in [-0.25, -0.2) is 4.98 Å². The second-order valence-corrected chi connectivity index (χ2v) is 5.60. The Balaban J connectivity index is 2.40. The molecule has 23 heavy (non-hydrogen) atoms. The topological polar surface area (TPSA) is 52.0 Å². The molecule has 0 unspecified atom stereocenters. The molecular formula is C19H24N4. The molecule has 4 heteroatoms. The first-order valence-electron chi connectivity index (χ1n) is 8.04. The van der Waals surface area contributed by atoms with Crippen molar-refractivity contribution in [3.63, 3.8) is 0 Å². The Morgan fingerprint density at radius 1 is 1.48 bits per heavy atom. The van der Waals surface area contributed by atoms with Crippen LogP contribution in [-0.4, -0.2) is 30.5 Å². The Morgan fingerprint density at radius 3 is 2.91 bits per heavy atom. The lowest BCUT2D eigenvalue weighted by atomic mass is 9.96. The lowest BCUT2D eigenvalue weighted by Gasteiger charge is -2.28. The smallest absolute Gasteiger partial charge is 0.125 e. The molecule has 1 aromatic rings. The predicted molar refractivity (Wildman–Crippen MR) is 95.7 cm³/mol. The molecule has 0 aliphatic carbocycles. The molecule has 0 radical (unpaired) electrons. The van der Waals surface area contributed by atoms with Crippen molar-refractivity contribution in [2.75, 3.05) is 26.0 Å². The zero-order valence-electron chi connectivity index (χ0n) is 14.1. The van der Waals surface area contributed by atoms with Crippen molar-refractivity contribution in [2.45, 2.75) is 26.2 Å². The molecule has 4 nitrogen and oxygen atoms in total. The highest BCUT2D eigenvalue weighted by atomic mass is 15.1. The number of nitrogens with zero attached hydrogens (tertiary/aromatic N) is 3. The summed E-state index contributed by atoms with van der Waals surface area (Å²) in [6.45, 7) is 3.19. The molecule has 0 atom stereocenters. The quantitative estimate of drug-likeness (QED) is 0.836. The fourth-order valence-corrected chi connectivity index (χ4v) is 2.83. The second kappa shape index (κ2) is 8.19. The zero-order valence-corrected chi connectivity index (χ0v) is 14.1. The number of hydrogen-bond acceptors (Lipinski definition) is 4. The van der Waals surface area contributed by atoms with Crippen LogP contribution in [0.1, 0.15) is 31.7 Å². The van der Waals surface area contributed by atoms with Gasteiger partial charge in [-0.15, -0.1) is 0 Å². The molecule has 0 aromatic carbocycles. The SMILES string of the molecule is CC/C(=C\C1=C(/C=C/C#N)N(C)CCC1)c1ccc(NC)nc1. The molecule has 0 amide bonds. The number of likely N-dealkylation sites (N-methyl/N-ethyl adjacent to an activating group) is 1. The molecule has 0 spiro atoms. The predicted octanol–water partition coefficient (Wildman–Crippen LogP) is 3.98. The number of anilines is 1. The average Bonchev–Trinajstić information content (AvgIpc) is 2.59. The van der Waals surface area contributed by atoms with Crippen LogP contribution in [0, 0.1) is 11.3 Å². The number of pyridine rings is 1. The molecule has 1 aliphatic rings. The molecule has 0 bridgehead atoms. The van der Waals surface area contributed by atoms with Gasteiger partial charge >= 0.3 is 0 Å². The van der Waals surface area contributed by atoms with Gasteiger partial charge in [-0.2, -0.15) is 5.26 Å². The van der Waals surface area contributed by atoms with Crippen LogP contribution in [0.25, 0.3) is 5.57 Å². The summed E-state index contributed by atoms with van der Waals surface area (Å²) in [5.41, 5.74) is 4.85. The summed E-state index contributed by atoms with van der Waals surface area (Å²) in [4.78, 5) is 6.63. The normalized spacial score (nSPS) is 15.9. The van der Waals surface area contributed by atoms with E-state index in [2.05, 4.69) is 47.4 Å². The fourth-order valence-electron chi connectivity index (χ4n) is 2.83. The maximum atomic E-state index is 8.82. The number of nitriles is 1. The average molecular weight is 308 g/mol. The van der Waals surface area contributed by atoms with Gasteiger partial charge in [0.2, 0.25) is 0 Å². The third kappa shape index (κ3) is 4.23. The van der Waals surface area contributed by atoms with Crippen LogP contribution >= 0.6 is 0 Å². The lowest BCUT2D eigenvalue weighted by molar-refractivity contribution is 0.394. The number of allylic oxidation sites excluding steroid dienone is 5. The highest BCUT2D eigenvalue weighted by Crippen LogP contribution is 2.28. The van der Waals surface area contributed by atoms with Gasteiger partial charge < -0.3 is 10.2 Å². The van der Waals surface area contributed by atoms with Crippen LogP contribution in [0.15, 0.2) is 47.8 Å². The summed E-state index contributed by atoms with van der Waals surface area (Å²) in [5, 5.41) is 11.9. The van der Waals surface area contributed by atoms with Gasteiger partial charge in [-0.05, 0) is 54.2 Å². The molecular weight excluding hydrogens is 284 g/mol. The van der Waals surface area contributed by atoms with E-state index in [1.807, 2.05) is 25.4 Å². The van der Waals surface area contributed by atoms with Gasteiger partial charge in [0.25, 0.3) is 0 Å². The van der Waals surface area contributed by atoms with Crippen LogP contribution in [0.4, 0.5) is 5.82 Å². The number of aromatic nitrogens is 1. The molecule has 0 saturated carbocycles. The molecule has 2 heterocycles. The molecule has 1 aromatic heterocycles. The lowest BCUT2D eigenvalue weighted by Crippen LogP contribution is -2.23. The summed E-state index contributed by atoms with van der Waals surface area (Å²) in [6, 6.07) is 6.19. The van der Waals surface area contributed by atoms with E-state index in [1.54, 1.807) is 6.08 Å². The van der Waals surface area contributed by atoms with Crippen molar-refractivity contribution < 1.29 is 0 Å². The minimum Gasteiger partial charge on any atom is -0.374 e. The molecule has 0 fully saturated rings. The third-order valence-corrected chi connectivity index (χ3v) is 4.12. The highest BCUT2D eigenvalue weighted by molar-refractivity contribution is 5.68. The standard InChI is InChI=1S/C19H24N4/c1-4-15(17-9-10-19(21-2)22-14-17)13-16-7-6-12-23(3)18(16)8-5-11-20/h5,8-10,13-14H,4,6-7,12H2,1-3H3,(H,21,22)/b8-5+,15-13+. The van der Waals surface area contributed by atoms with E-state index in [0.29, 0.717) is 0 Å². The van der Waals surface area contributed by atoms with Crippen molar-refractivity contribution in [1.29, 1.82) is 5.26 Å². The van der Waals surface area contributed by atoms with Gasteiger partial charge in [0, 0.05) is 38.6 Å². The van der Waals surface area contributed by atoms with E-state index in [4.69, 9.17) is 5.26 Å². The number of nitrogens with one attached hydrogen (secondary N) is 1. The van der Waals surface area contributed by atoms with Crippen LogP contribution in [0.2, 0.25) is 0 Å². The summed E-state index contributed by atoms with van der Waals surface area (Å²) in [5.74, 6) is 0.874. The molecule has 0 saturated heterocycles. The minimum atomic E-state index is 0.874. The third-order valence-electron chi connectivity index (χ3n) is 4.12. The second-order valence-electron chi connectivity index (χ2n) is 5.60. The number of rotatable bonds is 5. The monoisotopic (exact) mass is 308 g/mol. The Labute approximate surface area is 138 Å². The van der Waals surface area contributed by atoms with E-state index in [9.17, 15) is 0 Å². The molecule has 1 aliphatic heterocycles. The van der Waals surface area contributed by atoms with E-state index in [1.165, 1.54) is 11.1 Å². The maximum absolute atomic E-state index is 8.82. The van der Waals surface area contributed by atoms with Crippen molar-refractivity contribution in [3.8, 4) is 6.07 Å². The van der Waals surface area contributed by atoms with E-state index >= 15 is 0 Å². The van der Waals surface area contributed by atoms with Crippen molar-refractivity contribution in [3.05, 3.63) is 53.4 Å². The molecule has 120 valence electrons. The summed E-state index contributed by atoms with van der Waals surface area (Å²) < 4.78 is 0. The Morgan fingerprint density at radius 2 is 2.30 bits per heavy atom. The van der Waals surface area contributed by atoms with E-state index in [-0.39, 0.29) is 0 Å². The largest absolute Gasteiger partial charge is 0.374 e. The van der Waals surface area contributed by atoms with Gasteiger partial charge in [-0.1, -0.05) is 13.0 Å². The van der Waals surface area contributed by atoms with Crippen LogP contribution in [0.3, 0.4) is 0 Å². The van der Waals surface area contributed by atoms with Crippen LogP contribution < -0.4 is 5.32 Å². The summed E-state index contributed by atoms with van der Waals surface area (Å²) in [7, 11) is 3.95. The van der Waals surface area contributed by atoms with E-state index < -0.39 is 0 Å². The van der Waals surface area contributed by atoms with Crippen LogP contribution in [0.5, 0.6) is 0 Å². The summed E-state index contributed by atoms with van der Waals surface area (Å²) in [6.07, 6.45) is 10.8. The van der Waals surface area contributed by atoms with Crippen molar-refractivity contribution >= 4 is 11.4 Å². The Hall–Kier alpha value is -2.54. The van der Waals surface area contributed by atoms with Gasteiger partial charge in [0.15, 0.2) is 0 Å².